The Hall–Kier alpha value is -1.94. The van der Waals surface area contributed by atoms with Gasteiger partial charge in [0.15, 0.2) is 0 Å². The Balaban J connectivity index is 1.86. The first kappa shape index (κ1) is 22.7. The van der Waals surface area contributed by atoms with Gasteiger partial charge in [-0.3, -0.25) is 4.79 Å². The minimum Gasteiger partial charge on any atom is -0.325 e. The fourth-order valence-electron chi connectivity index (χ4n) is 2.77. The number of rotatable bonds is 7. The molecule has 0 spiro atoms. The fourth-order valence-corrected chi connectivity index (χ4v) is 4.64. The summed E-state index contributed by atoms with van der Waals surface area (Å²) in [5.74, 6) is -0.416. The molecule has 0 unspecified atom stereocenters. The quantitative estimate of drug-likeness (QED) is 0.414. The van der Waals surface area contributed by atoms with Gasteiger partial charge >= 0.3 is 0 Å². The summed E-state index contributed by atoms with van der Waals surface area (Å²) in [7, 11) is -3.91. The third-order valence-electron chi connectivity index (χ3n) is 4.38. The number of hydrogen-bond donors (Lipinski definition) is 1. The Morgan fingerprint density at radius 2 is 1.57 bits per heavy atom. The van der Waals surface area contributed by atoms with E-state index in [2.05, 4.69) is 27.9 Å². The van der Waals surface area contributed by atoms with Crippen LogP contribution >= 0.6 is 34.2 Å². The number of benzene rings is 3. The van der Waals surface area contributed by atoms with Gasteiger partial charge < -0.3 is 5.32 Å². The van der Waals surface area contributed by atoms with E-state index >= 15 is 0 Å². The maximum absolute atomic E-state index is 13.2. The molecule has 3 aromatic carbocycles. The first-order valence-corrected chi connectivity index (χ1v) is 12.0. The van der Waals surface area contributed by atoms with E-state index in [9.17, 15) is 13.2 Å². The number of halogens is 2. The summed E-state index contributed by atoms with van der Waals surface area (Å²) in [6, 6.07) is 20.7. The molecule has 156 valence electrons. The summed E-state index contributed by atoms with van der Waals surface area (Å²) in [5.41, 5.74) is 2.47. The van der Waals surface area contributed by atoms with Crippen molar-refractivity contribution < 1.29 is 13.2 Å². The van der Waals surface area contributed by atoms with Crippen LogP contribution in [0.5, 0.6) is 0 Å². The number of hydrogen-bond acceptors (Lipinski definition) is 3. The highest BCUT2D eigenvalue weighted by atomic mass is 127. The molecule has 1 amide bonds. The largest absolute Gasteiger partial charge is 0.325 e. The monoisotopic (exact) mass is 554 g/mol. The SMILES string of the molecule is Cc1ccc(CN(CC(=O)Nc2ccc(I)cc2)S(=O)(=O)c2ccc(Cl)cc2)cc1. The molecule has 0 saturated heterocycles. The molecule has 0 aliphatic rings. The zero-order valence-electron chi connectivity index (χ0n) is 16.2. The zero-order chi connectivity index (χ0) is 21.7. The summed E-state index contributed by atoms with van der Waals surface area (Å²) < 4.78 is 28.7. The van der Waals surface area contributed by atoms with Crippen LogP contribution in [0.3, 0.4) is 0 Å². The lowest BCUT2D eigenvalue weighted by atomic mass is 10.1. The topological polar surface area (TPSA) is 66.5 Å². The minimum absolute atomic E-state index is 0.0747. The molecule has 30 heavy (non-hydrogen) atoms. The molecule has 5 nitrogen and oxygen atoms in total. The van der Waals surface area contributed by atoms with Gasteiger partial charge in [0, 0.05) is 20.8 Å². The highest BCUT2D eigenvalue weighted by Gasteiger charge is 2.27. The van der Waals surface area contributed by atoms with Crippen molar-refractivity contribution in [3.63, 3.8) is 0 Å². The second kappa shape index (κ2) is 9.91. The van der Waals surface area contributed by atoms with Gasteiger partial charge in [0.2, 0.25) is 15.9 Å². The van der Waals surface area contributed by atoms with Gasteiger partial charge in [-0.1, -0.05) is 41.4 Å². The molecular weight excluding hydrogens is 535 g/mol. The van der Waals surface area contributed by atoms with E-state index in [0.717, 1.165) is 14.7 Å². The molecule has 0 fully saturated rings. The Morgan fingerprint density at radius 1 is 0.967 bits per heavy atom. The summed E-state index contributed by atoms with van der Waals surface area (Å²) in [6.45, 7) is 1.72. The van der Waals surface area contributed by atoms with Crippen LogP contribution in [-0.2, 0) is 21.4 Å². The molecule has 0 aliphatic heterocycles. The van der Waals surface area contributed by atoms with Gasteiger partial charge in [0.1, 0.15) is 0 Å². The maximum Gasteiger partial charge on any atom is 0.243 e. The van der Waals surface area contributed by atoms with Gasteiger partial charge in [-0.25, -0.2) is 8.42 Å². The highest BCUT2D eigenvalue weighted by Crippen LogP contribution is 2.21. The number of sulfonamides is 1. The number of aryl methyl sites for hydroxylation is 1. The average Bonchev–Trinajstić information content (AvgIpc) is 2.71. The first-order valence-electron chi connectivity index (χ1n) is 9.11. The van der Waals surface area contributed by atoms with E-state index in [-0.39, 0.29) is 18.0 Å². The smallest absolute Gasteiger partial charge is 0.243 e. The summed E-state index contributed by atoms with van der Waals surface area (Å²) in [5, 5.41) is 3.20. The van der Waals surface area contributed by atoms with E-state index < -0.39 is 15.9 Å². The maximum atomic E-state index is 13.2. The van der Waals surface area contributed by atoms with E-state index in [4.69, 9.17) is 11.6 Å². The van der Waals surface area contributed by atoms with Crippen LogP contribution in [0.1, 0.15) is 11.1 Å². The third kappa shape index (κ3) is 6.04. The molecule has 0 aromatic heterocycles. The standard InChI is InChI=1S/C22H20ClIN2O3S/c1-16-2-4-17(5-3-16)14-26(30(28,29)21-12-6-18(23)7-13-21)15-22(27)25-20-10-8-19(24)9-11-20/h2-13H,14-15H2,1H3,(H,25,27). The lowest BCUT2D eigenvalue weighted by Gasteiger charge is -2.22. The van der Waals surface area contributed by atoms with Crippen molar-refractivity contribution >= 4 is 55.8 Å². The van der Waals surface area contributed by atoms with Crippen molar-refractivity contribution in [1.82, 2.24) is 4.31 Å². The van der Waals surface area contributed by atoms with Crippen molar-refractivity contribution in [2.75, 3.05) is 11.9 Å². The molecule has 0 radical (unpaired) electrons. The van der Waals surface area contributed by atoms with Crippen molar-refractivity contribution in [3.05, 3.63) is 92.5 Å². The molecule has 8 heteroatoms. The molecule has 1 N–H and O–H groups in total. The summed E-state index contributed by atoms with van der Waals surface area (Å²) in [4.78, 5) is 12.7. The second-order valence-electron chi connectivity index (χ2n) is 6.77. The number of carbonyl (C=O) groups excluding carboxylic acids is 1. The Labute approximate surface area is 195 Å². The number of anilines is 1. The predicted octanol–water partition coefficient (Wildman–Crippen LogP) is 5.08. The van der Waals surface area contributed by atoms with Crippen molar-refractivity contribution in [2.45, 2.75) is 18.4 Å². The van der Waals surface area contributed by atoms with Gasteiger partial charge in [0.05, 0.1) is 11.4 Å². The average molecular weight is 555 g/mol. The lowest BCUT2D eigenvalue weighted by molar-refractivity contribution is -0.116. The lowest BCUT2D eigenvalue weighted by Crippen LogP contribution is -2.37. The number of carbonyl (C=O) groups is 1. The van der Waals surface area contributed by atoms with Gasteiger partial charge in [-0.05, 0) is 83.6 Å². The van der Waals surface area contributed by atoms with E-state index in [1.165, 1.54) is 28.6 Å². The van der Waals surface area contributed by atoms with Crippen molar-refractivity contribution in [3.8, 4) is 0 Å². The first-order chi connectivity index (χ1) is 14.2. The normalized spacial score (nSPS) is 11.5. The fraction of sp³-hybridized carbons (Fsp3) is 0.136. The van der Waals surface area contributed by atoms with Crippen LogP contribution in [-0.4, -0.2) is 25.2 Å². The molecule has 3 aromatic rings. The van der Waals surface area contributed by atoms with E-state index in [0.29, 0.717) is 10.7 Å². The third-order valence-corrected chi connectivity index (χ3v) is 7.16. The summed E-state index contributed by atoms with van der Waals surface area (Å²) in [6.07, 6.45) is 0. The molecule has 0 bridgehead atoms. The van der Waals surface area contributed by atoms with Crippen LogP contribution < -0.4 is 5.32 Å². The highest BCUT2D eigenvalue weighted by molar-refractivity contribution is 14.1. The number of amides is 1. The number of nitrogens with one attached hydrogen (secondary N) is 1. The molecule has 0 atom stereocenters. The van der Waals surface area contributed by atoms with Crippen LogP contribution in [0.25, 0.3) is 0 Å². The molecular formula is C22H20ClIN2O3S. The number of nitrogens with zero attached hydrogens (tertiary/aromatic N) is 1. The minimum atomic E-state index is -3.91. The molecule has 0 heterocycles. The van der Waals surface area contributed by atoms with Crippen molar-refractivity contribution in [2.24, 2.45) is 0 Å². The van der Waals surface area contributed by atoms with Gasteiger partial charge in [0.25, 0.3) is 0 Å². The van der Waals surface area contributed by atoms with Crippen LogP contribution in [0.2, 0.25) is 5.02 Å². The Kier molecular flexibility index (Phi) is 7.51. The predicted molar refractivity (Wildman–Crippen MR) is 128 cm³/mol. The molecule has 0 saturated carbocycles. The van der Waals surface area contributed by atoms with Crippen LogP contribution in [0.4, 0.5) is 5.69 Å². The summed E-state index contributed by atoms with van der Waals surface area (Å²) >= 11 is 8.07. The second-order valence-corrected chi connectivity index (χ2v) is 10.4. The molecule has 0 aliphatic carbocycles. The Bertz CT molecular complexity index is 1120. The van der Waals surface area contributed by atoms with E-state index in [1.54, 1.807) is 12.1 Å². The van der Waals surface area contributed by atoms with Crippen LogP contribution in [0.15, 0.2) is 77.7 Å². The molecule has 3 rings (SSSR count). The Morgan fingerprint density at radius 3 is 2.17 bits per heavy atom. The van der Waals surface area contributed by atoms with Gasteiger partial charge in [-0.2, -0.15) is 4.31 Å². The van der Waals surface area contributed by atoms with E-state index in [1.807, 2.05) is 43.3 Å². The zero-order valence-corrected chi connectivity index (χ0v) is 19.9. The van der Waals surface area contributed by atoms with Crippen LogP contribution in [0, 0.1) is 10.5 Å². The van der Waals surface area contributed by atoms with Gasteiger partial charge in [-0.15, -0.1) is 0 Å². The van der Waals surface area contributed by atoms with Crippen molar-refractivity contribution in [1.29, 1.82) is 0 Å².